The Morgan fingerprint density at radius 2 is 2.21 bits per heavy atom. The van der Waals surface area contributed by atoms with Crippen molar-refractivity contribution in [1.29, 1.82) is 0 Å². The number of urea groups is 1. The maximum absolute atomic E-state index is 11.3. The van der Waals surface area contributed by atoms with E-state index >= 15 is 0 Å². The molecule has 0 aromatic heterocycles. The topological polar surface area (TPSA) is 85.8 Å². The van der Waals surface area contributed by atoms with Crippen LogP contribution in [0.4, 0.5) is 4.79 Å². The second-order valence-electron chi connectivity index (χ2n) is 4.38. The summed E-state index contributed by atoms with van der Waals surface area (Å²) in [6.45, 7) is 3.64. The molecule has 3 amide bonds. The van der Waals surface area contributed by atoms with Crippen molar-refractivity contribution in [2.45, 2.75) is 25.8 Å². The van der Waals surface area contributed by atoms with E-state index in [1.165, 1.54) is 17.7 Å². The highest BCUT2D eigenvalue weighted by molar-refractivity contribution is 14.0. The lowest BCUT2D eigenvalue weighted by Crippen LogP contribution is -2.39. The molecule has 1 saturated heterocycles. The number of aliphatic imine (C=N–C) groups is 1. The third-order valence-electron chi connectivity index (χ3n) is 2.79. The summed E-state index contributed by atoms with van der Waals surface area (Å²) >= 11 is 0. The molecule has 108 valence electrons. The molecule has 0 spiro atoms. The minimum Gasteiger partial charge on any atom is -0.357 e. The number of guanidine groups is 1. The van der Waals surface area contributed by atoms with Gasteiger partial charge in [0.2, 0.25) is 5.91 Å². The summed E-state index contributed by atoms with van der Waals surface area (Å²) in [7, 11) is 0. The van der Waals surface area contributed by atoms with Crippen LogP contribution in [0.2, 0.25) is 0 Å². The van der Waals surface area contributed by atoms with E-state index in [0.29, 0.717) is 19.1 Å². The van der Waals surface area contributed by atoms with Crippen molar-refractivity contribution >= 4 is 41.9 Å². The van der Waals surface area contributed by atoms with Gasteiger partial charge in [0.05, 0.1) is 19.6 Å². The summed E-state index contributed by atoms with van der Waals surface area (Å²) in [6, 6.07) is 0.204. The van der Waals surface area contributed by atoms with E-state index in [2.05, 4.69) is 20.9 Å². The summed E-state index contributed by atoms with van der Waals surface area (Å²) < 4.78 is 0. The van der Waals surface area contributed by atoms with Gasteiger partial charge in [-0.05, 0) is 19.8 Å². The van der Waals surface area contributed by atoms with Crippen LogP contribution in [0.15, 0.2) is 4.99 Å². The van der Waals surface area contributed by atoms with Crippen molar-refractivity contribution in [2.75, 3.05) is 26.2 Å². The number of rotatable bonds is 5. The molecular formula is C11H20IN5O2. The van der Waals surface area contributed by atoms with Crippen molar-refractivity contribution in [1.82, 2.24) is 20.9 Å². The number of halogens is 1. The summed E-state index contributed by atoms with van der Waals surface area (Å²) in [5.74, 6) is 0.572. The quantitative estimate of drug-likeness (QED) is 0.268. The Hall–Kier alpha value is -1.06. The van der Waals surface area contributed by atoms with Crippen LogP contribution in [-0.2, 0) is 4.79 Å². The lowest BCUT2D eigenvalue weighted by Gasteiger charge is -2.12. The van der Waals surface area contributed by atoms with Crippen molar-refractivity contribution in [2.24, 2.45) is 4.99 Å². The zero-order valence-corrected chi connectivity index (χ0v) is 13.3. The molecule has 0 radical (unpaired) electrons. The van der Waals surface area contributed by atoms with Gasteiger partial charge in [0.15, 0.2) is 5.96 Å². The van der Waals surface area contributed by atoms with Crippen molar-refractivity contribution < 1.29 is 9.59 Å². The fourth-order valence-electron chi connectivity index (χ4n) is 1.68. The maximum atomic E-state index is 11.3. The number of amides is 3. The number of nitrogens with one attached hydrogen (secondary N) is 3. The van der Waals surface area contributed by atoms with Crippen molar-refractivity contribution in [3.8, 4) is 0 Å². The van der Waals surface area contributed by atoms with Gasteiger partial charge >= 0.3 is 6.03 Å². The summed E-state index contributed by atoms with van der Waals surface area (Å²) in [5, 5.41) is 8.89. The SMILES string of the molecule is CCNC(=NCCN1C(=O)CNC1=O)NC1CC1.I. The Morgan fingerprint density at radius 3 is 2.74 bits per heavy atom. The van der Waals surface area contributed by atoms with Gasteiger partial charge in [0.1, 0.15) is 0 Å². The van der Waals surface area contributed by atoms with Crippen LogP contribution in [-0.4, -0.2) is 55.0 Å². The van der Waals surface area contributed by atoms with Crippen LogP contribution in [0, 0.1) is 0 Å². The lowest BCUT2D eigenvalue weighted by molar-refractivity contribution is -0.124. The van der Waals surface area contributed by atoms with Gasteiger partial charge in [-0.3, -0.25) is 14.7 Å². The first-order valence-electron chi connectivity index (χ1n) is 6.33. The first-order valence-corrected chi connectivity index (χ1v) is 6.33. The third-order valence-corrected chi connectivity index (χ3v) is 2.79. The number of hydrogen-bond donors (Lipinski definition) is 3. The van der Waals surface area contributed by atoms with Crippen LogP contribution in [0.1, 0.15) is 19.8 Å². The number of imide groups is 1. The molecule has 2 aliphatic rings. The molecule has 8 heteroatoms. The lowest BCUT2D eigenvalue weighted by atomic mass is 10.5. The van der Waals surface area contributed by atoms with E-state index in [4.69, 9.17) is 0 Å². The van der Waals surface area contributed by atoms with Gasteiger partial charge in [0.25, 0.3) is 0 Å². The molecule has 0 aromatic carbocycles. The second kappa shape index (κ2) is 7.51. The summed E-state index contributed by atoms with van der Waals surface area (Å²) in [6.07, 6.45) is 2.36. The first kappa shape index (κ1) is 16.0. The molecule has 19 heavy (non-hydrogen) atoms. The molecule has 1 saturated carbocycles. The normalized spacial score (nSPS) is 19.0. The zero-order chi connectivity index (χ0) is 13.0. The fourth-order valence-corrected chi connectivity index (χ4v) is 1.68. The average molecular weight is 381 g/mol. The maximum Gasteiger partial charge on any atom is 0.324 e. The van der Waals surface area contributed by atoms with Gasteiger partial charge in [-0.2, -0.15) is 0 Å². The van der Waals surface area contributed by atoms with Gasteiger partial charge in [-0.25, -0.2) is 4.79 Å². The van der Waals surface area contributed by atoms with Gasteiger partial charge in [-0.1, -0.05) is 0 Å². The van der Waals surface area contributed by atoms with E-state index in [9.17, 15) is 9.59 Å². The Balaban J connectivity index is 0.00000180. The van der Waals surface area contributed by atoms with E-state index < -0.39 is 0 Å². The molecule has 0 unspecified atom stereocenters. The van der Waals surface area contributed by atoms with Crippen molar-refractivity contribution in [3.63, 3.8) is 0 Å². The highest BCUT2D eigenvalue weighted by Gasteiger charge is 2.27. The van der Waals surface area contributed by atoms with Crippen LogP contribution < -0.4 is 16.0 Å². The predicted octanol–water partition coefficient (Wildman–Crippen LogP) is -0.126. The second-order valence-corrected chi connectivity index (χ2v) is 4.38. The Bertz CT molecular complexity index is 354. The molecule has 1 aliphatic carbocycles. The standard InChI is InChI=1S/C11H19N5O2.HI/c1-2-12-10(15-8-3-4-8)13-5-6-16-9(17)7-14-11(16)18;/h8H,2-7H2,1H3,(H,14,18)(H2,12,13,15);1H. The molecule has 2 rings (SSSR count). The molecule has 0 aromatic rings. The zero-order valence-electron chi connectivity index (χ0n) is 10.9. The van der Waals surface area contributed by atoms with Crippen molar-refractivity contribution in [3.05, 3.63) is 0 Å². The predicted molar refractivity (Wildman–Crippen MR) is 82.7 cm³/mol. The fraction of sp³-hybridized carbons (Fsp3) is 0.727. The summed E-state index contributed by atoms with van der Waals surface area (Å²) in [4.78, 5) is 28.2. The van der Waals surface area contributed by atoms with Crippen LogP contribution in [0.25, 0.3) is 0 Å². The Kier molecular flexibility index (Phi) is 6.32. The minimum atomic E-state index is -0.324. The van der Waals surface area contributed by atoms with E-state index in [1.807, 2.05) is 6.92 Å². The molecule has 1 aliphatic heterocycles. The van der Waals surface area contributed by atoms with Gasteiger partial charge in [-0.15, -0.1) is 24.0 Å². The Morgan fingerprint density at radius 1 is 1.47 bits per heavy atom. The molecule has 3 N–H and O–H groups in total. The highest BCUT2D eigenvalue weighted by atomic mass is 127. The van der Waals surface area contributed by atoms with Gasteiger partial charge in [0, 0.05) is 12.6 Å². The molecule has 1 heterocycles. The number of hydrogen-bond acceptors (Lipinski definition) is 3. The third kappa shape index (κ3) is 4.84. The number of carbonyl (C=O) groups is 2. The Labute approximate surface area is 129 Å². The van der Waals surface area contributed by atoms with Crippen LogP contribution >= 0.6 is 24.0 Å². The molecule has 0 atom stereocenters. The van der Waals surface area contributed by atoms with E-state index in [1.54, 1.807) is 0 Å². The van der Waals surface area contributed by atoms with E-state index in [-0.39, 0.29) is 42.5 Å². The summed E-state index contributed by atoms with van der Waals surface area (Å²) in [5.41, 5.74) is 0. The van der Waals surface area contributed by atoms with Crippen LogP contribution in [0.3, 0.4) is 0 Å². The largest absolute Gasteiger partial charge is 0.357 e. The highest BCUT2D eigenvalue weighted by Crippen LogP contribution is 2.18. The molecule has 2 fully saturated rings. The number of carbonyl (C=O) groups excluding carboxylic acids is 2. The molecular weight excluding hydrogens is 361 g/mol. The first-order chi connectivity index (χ1) is 8.70. The molecule has 7 nitrogen and oxygen atoms in total. The molecule has 0 bridgehead atoms. The monoisotopic (exact) mass is 381 g/mol. The smallest absolute Gasteiger partial charge is 0.324 e. The minimum absolute atomic E-state index is 0. The van der Waals surface area contributed by atoms with Crippen LogP contribution in [0.5, 0.6) is 0 Å². The average Bonchev–Trinajstić information content (AvgIpc) is 3.10. The van der Waals surface area contributed by atoms with E-state index in [0.717, 1.165) is 12.5 Å². The number of nitrogens with zero attached hydrogens (tertiary/aromatic N) is 2. The van der Waals surface area contributed by atoms with Gasteiger partial charge < -0.3 is 16.0 Å².